The van der Waals surface area contributed by atoms with Gasteiger partial charge in [-0.3, -0.25) is 0 Å². The van der Waals surface area contributed by atoms with E-state index in [9.17, 15) is 0 Å². The van der Waals surface area contributed by atoms with Gasteiger partial charge < -0.3 is 5.32 Å². The van der Waals surface area contributed by atoms with Crippen LogP contribution in [-0.2, 0) is 6.42 Å². The van der Waals surface area contributed by atoms with Gasteiger partial charge >= 0.3 is 0 Å². The van der Waals surface area contributed by atoms with Crippen LogP contribution in [0.4, 0.5) is 0 Å². The summed E-state index contributed by atoms with van der Waals surface area (Å²) < 4.78 is 1.17. The number of aryl methyl sites for hydroxylation is 2. The van der Waals surface area contributed by atoms with Crippen LogP contribution >= 0.6 is 15.9 Å². The lowest BCUT2D eigenvalue weighted by Gasteiger charge is -2.18. The summed E-state index contributed by atoms with van der Waals surface area (Å²) in [5, 5.41) is 3.42. The van der Waals surface area contributed by atoms with E-state index in [4.69, 9.17) is 0 Å². The molecule has 2 rings (SSSR count). The van der Waals surface area contributed by atoms with E-state index in [1.54, 1.807) is 0 Å². The Bertz CT molecular complexity index is 563. The minimum atomic E-state index is 0.355. The number of halogens is 1. The number of likely N-dealkylation sites (N-methyl/N-ethyl adjacent to an activating group) is 1. The van der Waals surface area contributed by atoms with Crippen LogP contribution in [0.15, 0.2) is 46.9 Å². The van der Waals surface area contributed by atoms with E-state index in [0.717, 1.165) is 6.42 Å². The molecule has 0 aliphatic rings. The lowest BCUT2D eigenvalue weighted by Crippen LogP contribution is -2.19. The van der Waals surface area contributed by atoms with Crippen molar-refractivity contribution in [2.24, 2.45) is 0 Å². The minimum Gasteiger partial charge on any atom is -0.313 e. The third kappa shape index (κ3) is 3.68. The van der Waals surface area contributed by atoms with E-state index < -0.39 is 0 Å². The maximum Gasteiger partial charge on any atom is 0.0358 e. The Morgan fingerprint density at radius 1 is 1.11 bits per heavy atom. The molecule has 0 heterocycles. The smallest absolute Gasteiger partial charge is 0.0358 e. The van der Waals surface area contributed by atoms with Crippen molar-refractivity contribution in [2.45, 2.75) is 26.3 Å². The summed E-state index contributed by atoms with van der Waals surface area (Å²) in [4.78, 5) is 0. The summed E-state index contributed by atoms with van der Waals surface area (Å²) >= 11 is 3.56. The number of benzene rings is 2. The Morgan fingerprint density at radius 2 is 1.89 bits per heavy atom. The topological polar surface area (TPSA) is 12.0 Å². The molecule has 0 amide bonds. The number of hydrogen-bond acceptors (Lipinski definition) is 1. The van der Waals surface area contributed by atoms with Crippen molar-refractivity contribution in [1.29, 1.82) is 0 Å². The van der Waals surface area contributed by atoms with Crippen LogP contribution in [0.2, 0.25) is 0 Å². The highest BCUT2D eigenvalue weighted by Gasteiger charge is 2.11. The fourth-order valence-electron chi connectivity index (χ4n) is 2.35. The highest BCUT2D eigenvalue weighted by atomic mass is 79.9. The predicted octanol–water partition coefficient (Wildman–Crippen LogP) is 4.57. The summed E-state index contributed by atoms with van der Waals surface area (Å²) in [5.74, 6) is 0. The van der Waals surface area contributed by atoms with E-state index in [1.165, 1.54) is 26.7 Å². The van der Waals surface area contributed by atoms with Crippen molar-refractivity contribution < 1.29 is 0 Å². The second-order valence-corrected chi connectivity index (χ2v) is 5.90. The van der Waals surface area contributed by atoms with Gasteiger partial charge in [0.05, 0.1) is 0 Å². The highest BCUT2D eigenvalue weighted by Crippen LogP contribution is 2.23. The first-order chi connectivity index (χ1) is 9.10. The van der Waals surface area contributed by atoms with Crippen molar-refractivity contribution in [1.82, 2.24) is 5.32 Å². The van der Waals surface area contributed by atoms with E-state index >= 15 is 0 Å². The summed E-state index contributed by atoms with van der Waals surface area (Å²) in [7, 11) is 2.03. The first-order valence-corrected chi connectivity index (χ1v) is 7.38. The van der Waals surface area contributed by atoms with Gasteiger partial charge in [-0.2, -0.15) is 0 Å². The average Bonchev–Trinajstić information content (AvgIpc) is 2.39. The van der Waals surface area contributed by atoms with Gasteiger partial charge in [-0.1, -0.05) is 57.9 Å². The van der Waals surface area contributed by atoms with Crippen LogP contribution in [-0.4, -0.2) is 7.05 Å². The Kier molecular flexibility index (Phi) is 4.78. The highest BCUT2D eigenvalue weighted by molar-refractivity contribution is 9.10. The molecular formula is C17H20BrN. The fraction of sp³-hybridized carbons (Fsp3) is 0.294. The van der Waals surface area contributed by atoms with Crippen molar-refractivity contribution in [3.8, 4) is 0 Å². The van der Waals surface area contributed by atoms with Crippen LogP contribution < -0.4 is 5.32 Å². The third-order valence-electron chi connectivity index (χ3n) is 3.46. The van der Waals surface area contributed by atoms with Crippen molar-refractivity contribution in [3.05, 3.63) is 69.2 Å². The lowest BCUT2D eigenvalue weighted by molar-refractivity contribution is 0.591. The quantitative estimate of drug-likeness (QED) is 0.871. The third-order valence-corrected chi connectivity index (χ3v) is 4.34. The largest absolute Gasteiger partial charge is 0.313 e. The zero-order valence-corrected chi connectivity index (χ0v) is 13.3. The molecule has 0 spiro atoms. The molecule has 0 saturated heterocycles. The Hall–Kier alpha value is -1.12. The monoisotopic (exact) mass is 317 g/mol. The first-order valence-electron chi connectivity index (χ1n) is 6.59. The Labute approximate surface area is 124 Å². The average molecular weight is 318 g/mol. The van der Waals surface area contributed by atoms with Crippen molar-refractivity contribution in [3.63, 3.8) is 0 Å². The van der Waals surface area contributed by atoms with Crippen LogP contribution in [0.1, 0.15) is 28.3 Å². The molecule has 2 aromatic rings. The summed E-state index contributed by atoms with van der Waals surface area (Å²) in [6, 6.07) is 15.7. The minimum absolute atomic E-state index is 0.355. The Balaban J connectivity index is 2.22. The van der Waals surface area contributed by atoms with Crippen LogP contribution in [0.5, 0.6) is 0 Å². The van der Waals surface area contributed by atoms with Crippen LogP contribution in [0.3, 0.4) is 0 Å². The van der Waals surface area contributed by atoms with Crippen LogP contribution in [0.25, 0.3) is 0 Å². The second kappa shape index (κ2) is 6.36. The molecule has 2 heteroatoms. The molecular weight excluding hydrogens is 298 g/mol. The van der Waals surface area contributed by atoms with Gasteiger partial charge in [0, 0.05) is 10.5 Å². The summed E-state index contributed by atoms with van der Waals surface area (Å²) in [6.45, 7) is 4.27. The van der Waals surface area contributed by atoms with E-state index in [2.05, 4.69) is 77.6 Å². The second-order valence-electron chi connectivity index (χ2n) is 5.04. The maximum absolute atomic E-state index is 3.56. The molecule has 0 aromatic heterocycles. The zero-order valence-electron chi connectivity index (χ0n) is 11.7. The van der Waals surface area contributed by atoms with E-state index in [-0.39, 0.29) is 0 Å². The number of rotatable bonds is 4. The zero-order chi connectivity index (χ0) is 13.8. The lowest BCUT2D eigenvalue weighted by atomic mass is 9.97. The van der Waals surface area contributed by atoms with Gasteiger partial charge in [-0.25, -0.2) is 0 Å². The first kappa shape index (κ1) is 14.3. The van der Waals surface area contributed by atoms with Crippen molar-refractivity contribution >= 4 is 15.9 Å². The molecule has 1 nitrogen and oxygen atoms in total. The van der Waals surface area contributed by atoms with E-state index in [0.29, 0.717) is 6.04 Å². The fourth-order valence-corrected chi connectivity index (χ4v) is 2.59. The molecule has 0 aliphatic carbocycles. The Morgan fingerprint density at radius 3 is 2.53 bits per heavy atom. The van der Waals surface area contributed by atoms with Gasteiger partial charge in [-0.15, -0.1) is 0 Å². The van der Waals surface area contributed by atoms with Gasteiger partial charge in [-0.05, 0) is 50.1 Å². The molecule has 1 unspecified atom stereocenters. The normalized spacial score (nSPS) is 12.4. The van der Waals surface area contributed by atoms with E-state index in [1.807, 2.05) is 7.05 Å². The molecule has 0 aliphatic heterocycles. The van der Waals surface area contributed by atoms with Crippen LogP contribution in [0, 0.1) is 13.8 Å². The molecule has 0 fully saturated rings. The number of hydrogen-bond donors (Lipinski definition) is 1. The molecule has 1 N–H and O–H groups in total. The summed E-state index contributed by atoms with van der Waals surface area (Å²) in [5.41, 5.74) is 5.31. The van der Waals surface area contributed by atoms with Crippen molar-refractivity contribution in [2.75, 3.05) is 7.05 Å². The molecule has 19 heavy (non-hydrogen) atoms. The molecule has 0 radical (unpaired) electrons. The number of nitrogens with one attached hydrogen (secondary N) is 1. The maximum atomic E-state index is 3.56. The standard InChI is InChI=1S/C17H20BrN/c1-12-5-4-6-14(9-12)11-17(19-3)15-7-8-16(18)13(2)10-15/h4-10,17,19H,11H2,1-3H3. The van der Waals surface area contributed by atoms with Gasteiger partial charge in [0.1, 0.15) is 0 Å². The SMILES string of the molecule is CNC(Cc1cccc(C)c1)c1ccc(Br)c(C)c1. The molecule has 0 bridgehead atoms. The van der Waals surface area contributed by atoms with Gasteiger partial charge in [0.15, 0.2) is 0 Å². The molecule has 2 aromatic carbocycles. The predicted molar refractivity (Wildman–Crippen MR) is 85.6 cm³/mol. The van der Waals surface area contributed by atoms with Gasteiger partial charge in [0.2, 0.25) is 0 Å². The molecule has 100 valence electrons. The summed E-state index contributed by atoms with van der Waals surface area (Å²) in [6.07, 6.45) is 1.01. The molecule has 1 atom stereocenters. The molecule has 0 saturated carbocycles. The van der Waals surface area contributed by atoms with Gasteiger partial charge in [0.25, 0.3) is 0 Å².